The fraction of sp³-hybridized carbons (Fsp3) is 0.308. The standard InChI is InChI=1S/C13H14FN3O2S/c1-8-4-12(14)13(15)5-11(8)9-6-16-17(7-9)20(18,19)10-2-3-10/h4-7,10H,2-3,15H2,1H3. The molecule has 1 aliphatic carbocycles. The summed E-state index contributed by atoms with van der Waals surface area (Å²) in [6, 6.07) is 2.83. The average molecular weight is 295 g/mol. The second kappa shape index (κ2) is 4.31. The van der Waals surface area contributed by atoms with Crippen molar-refractivity contribution in [2.75, 3.05) is 5.73 Å². The lowest BCUT2D eigenvalue weighted by Crippen LogP contribution is -2.17. The number of rotatable bonds is 3. The Balaban J connectivity index is 2.04. The summed E-state index contributed by atoms with van der Waals surface area (Å²) in [4.78, 5) is 0. The zero-order valence-electron chi connectivity index (χ0n) is 10.9. The van der Waals surface area contributed by atoms with Crippen LogP contribution in [0.3, 0.4) is 0 Å². The summed E-state index contributed by atoms with van der Waals surface area (Å²) in [6.45, 7) is 1.74. The van der Waals surface area contributed by atoms with Crippen molar-refractivity contribution >= 4 is 15.7 Å². The summed E-state index contributed by atoms with van der Waals surface area (Å²) in [5.41, 5.74) is 7.56. The van der Waals surface area contributed by atoms with Crippen molar-refractivity contribution in [1.29, 1.82) is 0 Å². The van der Waals surface area contributed by atoms with Crippen LogP contribution in [0.4, 0.5) is 10.1 Å². The van der Waals surface area contributed by atoms with Gasteiger partial charge in [0, 0.05) is 5.56 Å². The van der Waals surface area contributed by atoms with E-state index in [1.54, 1.807) is 6.92 Å². The van der Waals surface area contributed by atoms with E-state index in [9.17, 15) is 12.8 Å². The van der Waals surface area contributed by atoms with Gasteiger partial charge in [-0.15, -0.1) is 0 Å². The monoisotopic (exact) mass is 295 g/mol. The first-order valence-electron chi connectivity index (χ1n) is 6.24. The van der Waals surface area contributed by atoms with Gasteiger partial charge in [0.25, 0.3) is 10.0 Å². The number of nitrogen functional groups attached to an aromatic ring is 1. The Hall–Kier alpha value is -1.89. The van der Waals surface area contributed by atoms with Gasteiger partial charge in [-0.3, -0.25) is 0 Å². The lowest BCUT2D eigenvalue weighted by atomic mass is 10.0. The Labute approximate surface area is 116 Å². The van der Waals surface area contributed by atoms with Crippen LogP contribution in [0.1, 0.15) is 18.4 Å². The van der Waals surface area contributed by atoms with Gasteiger partial charge >= 0.3 is 0 Å². The Morgan fingerprint density at radius 1 is 1.40 bits per heavy atom. The SMILES string of the molecule is Cc1cc(F)c(N)cc1-c1cnn(S(=O)(=O)C2CC2)c1. The van der Waals surface area contributed by atoms with Crippen LogP contribution in [0.5, 0.6) is 0 Å². The molecule has 0 radical (unpaired) electrons. The molecule has 1 saturated carbocycles. The predicted molar refractivity (Wildman–Crippen MR) is 74.1 cm³/mol. The minimum atomic E-state index is -3.38. The third kappa shape index (κ3) is 2.07. The molecule has 0 spiro atoms. The molecule has 0 unspecified atom stereocenters. The molecule has 3 rings (SSSR count). The van der Waals surface area contributed by atoms with Gasteiger partial charge < -0.3 is 5.73 Å². The molecule has 7 heteroatoms. The van der Waals surface area contributed by atoms with Gasteiger partial charge in [0.2, 0.25) is 0 Å². The van der Waals surface area contributed by atoms with E-state index in [2.05, 4.69) is 5.10 Å². The Morgan fingerprint density at radius 2 is 2.10 bits per heavy atom. The van der Waals surface area contributed by atoms with Crippen molar-refractivity contribution in [3.63, 3.8) is 0 Å². The van der Waals surface area contributed by atoms with E-state index in [0.717, 1.165) is 4.09 Å². The molecule has 0 atom stereocenters. The number of anilines is 1. The van der Waals surface area contributed by atoms with Gasteiger partial charge in [-0.05, 0) is 43.0 Å². The van der Waals surface area contributed by atoms with Crippen LogP contribution in [0.2, 0.25) is 0 Å². The van der Waals surface area contributed by atoms with Gasteiger partial charge in [0.15, 0.2) is 0 Å². The van der Waals surface area contributed by atoms with Crippen molar-refractivity contribution < 1.29 is 12.8 Å². The van der Waals surface area contributed by atoms with Crippen LogP contribution in [0.25, 0.3) is 11.1 Å². The molecule has 1 aliphatic rings. The Bertz CT molecular complexity index is 779. The van der Waals surface area contributed by atoms with Crippen LogP contribution in [0.15, 0.2) is 24.5 Å². The van der Waals surface area contributed by atoms with Crippen LogP contribution in [-0.4, -0.2) is 22.9 Å². The van der Waals surface area contributed by atoms with Gasteiger partial charge in [0.05, 0.1) is 23.3 Å². The summed E-state index contributed by atoms with van der Waals surface area (Å²) >= 11 is 0. The van der Waals surface area contributed by atoms with Crippen molar-refractivity contribution in [3.8, 4) is 11.1 Å². The quantitative estimate of drug-likeness (QED) is 0.878. The maximum atomic E-state index is 13.3. The first-order valence-corrected chi connectivity index (χ1v) is 7.75. The summed E-state index contributed by atoms with van der Waals surface area (Å²) in [5.74, 6) is -0.482. The van der Waals surface area contributed by atoms with Gasteiger partial charge in [-0.1, -0.05) is 0 Å². The highest BCUT2D eigenvalue weighted by Gasteiger charge is 2.37. The Morgan fingerprint density at radius 3 is 2.75 bits per heavy atom. The molecule has 1 aromatic carbocycles. The van der Waals surface area contributed by atoms with E-state index in [0.29, 0.717) is 29.5 Å². The third-order valence-electron chi connectivity index (χ3n) is 3.42. The first kappa shape index (κ1) is 13.1. The number of halogens is 1. The molecule has 0 amide bonds. The fourth-order valence-corrected chi connectivity index (χ4v) is 3.58. The lowest BCUT2D eigenvalue weighted by Gasteiger charge is -2.06. The van der Waals surface area contributed by atoms with E-state index in [-0.39, 0.29) is 10.9 Å². The number of aromatic nitrogens is 2. The highest BCUT2D eigenvalue weighted by Crippen LogP contribution is 2.31. The number of nitrogens with two attached hydrogens (primary N) is 1. The zero-order chi connectivity index (χ0) is 14.5. The minimum Gasteiger partial charge on any atom is -0.396 e. The lowest BCUT2D eigenvalue weighted by molar-refractivity contribution is 0.578. The highest BCUT2D eigenvalue weighted by atomic mass is 32.2. The topological polar surface area (TPSA) is 78.0 Å². The molecular formula is C13H14FN3O2S. The van der Waals surface area contributed by atoms with Crippen LogP contribution in [0, 0.1) is 12.7 Å². The third-order valence-corrected chi connectivity index (χ3v) is 5.46. The Kier molecular flexibility index (Phi) is 2.82. The second-order valence-corrected chi connectivity index (χ2v) is 7.11. The number of hydrogen-bond acceptors (Lipinski definition) is 4. The summed E-state index contributed by atoms with van der Waals surface area (Å²) < 4.78 is 38.5. The average Bonchev–Trinajstić information content (AvgIpc) is 3.13. The predicted octanol–water partition coefficient (Wildman–Crippen LogP) is 1.92. The van der Waals surface area contributed by atoms with Gasteiger partial charge in [-0.25, -0.2) is 12.8 Å². The molecule has 0 saturated heterocycles. The molecule has 1 fully saturated rings. The van der Waals surface area contributed by atoms with E-state index in [1.807, 2.05) is 0 Å². The van der Waals surface area contributed by atoms with Gasteiger partial charge in [0.1, 0.15) is 5.82 Å². The normalized spacial score (nSPS) is 15.5. The number of benzene rings is 1. The smallest absolute Gasteiger partial charge is 0.256 e. The number of aryl methyl sites for hydroxylation is 1. The highest BCUT2D eigenvalue weighted by molar-refractivity contribution is 7.90. The summed E-state index contributed by atoms with van der Waals surface area (Å²) in [5, 5.41) is 3.59. The van der Waals surface area contributed by atoms with Crippen LogP contribution < -0.4 is 5.73 Å². The molecule has 2 aromatic rings. The fourth-order valence-electron chi connectivity index (χ4n) is 2.10. The molecular weight excluding hydrogens is 281 g/mol. The van der Waals surface area contributed by atoms with Crippen LogP contribution in [-0.2, 0) is 10.0 Å². The molecule has 0 bridgehead atoms. The molecule has 20 heavy (non-hydrogen) atoms. The van der Waals surface area contributed by atoms with Crippen molar-refractivity contribution in [2.24, 2.45) is 0 Å². The maximum Gasteiger partial charge on any atom is 0.256 e. The molecule has 1 aromatic heterocycles. The van der Waals surface area contributed by atoms with E-state index in [4.69, 9.17) is 5.73 Å². The summed E-state index contributed by atoms with van der Waals surface area (Å²) in [6.07, 6.45) is 4.27. The summed E-state index contributed by atoms with van der Waals surface area (Å²) in [7, 11) is -3.38. The van der Waals surface area contributed by atoms with Gasteiger partial charge in [-0.2, -0.15) is 9.19 Å². The van der Waals surface area contributed by atoms with E-state index < -0.39 is 15.8 Å². The molecule has 0 aliphatic heterocycles. The van der Waals surface area contributed by atoms with Crippen molar-refractivity contribution in [2.45, 2.75) is 25.0 Å². The number of hydrogen-bond donors (Lipinski definition) is 1. The van der Waals surface area contributed by atoms with E-state index >= 15 is 0 Å². The minimum absolute atomic E-state index is 0.0309. The first-order chi connectivity index (χ1) is 9.39. The molecule has 2 N–H and O–H groups in total. The maximum absolute atomic E-state index is 13.3. The van der Waals surface area contributed by atoms with Crippen molar-refractivity contribution in [3.05, 3.63) is 35.9 Å². The van der Waals surface area contributed by atoms with Crippen molar-refractivity contribution in [1.82, 2.24) is 9.19 Å². The largest absolute Gasteiger partial charge is 0.396 e. The zero-order valence-corrected chi connectivity index (χ0v) is 11.7. The van der Waals surface area contributed by atoms with E-state index in [1.165, 1.54) is 24.5 Å². The molecule has 106 valence electrons. The van der Waals surface area contributed by atoms with Crippen LogP contribution >= 0.6 is 0 Å². The molecule has 1 heterocycles. The number of nitrogens with zero attached hydrogens (tertiary/aromatic N) is 2. The molecule has 5 nitrogen and oxygen atoms in total. The second-order valence-electron chi connectivity index (χ2n) is 5.03.